The van der Waals surface area contributed by atoms with E-state index in [1.165, 1.54) is 0 Å². The number of rotatable bonds is 5. The molecule has 22 heavy (non-hydrogen) atoms. The standard InChI is InChI=1S/C13H15Cl4N3OS/c1-2-4-10(21)19-11(13(15,16)17)20-12(22)18-9-6-3-5-8(14)7-9/h3,5-7,11H,2,4H2,1H3,(H,19,21)(H2,18,20,22). The zero-order valence-corrected chi connectivity index (χ0v) is 15.5. The van der Waals surface area contributed by atoms with E-state index < -0.39 is 9.96 Å². The van der Waals surface area contributed by atoms with Crippen molar-refractivity contribution in [3.05, 3.63) is 29.3 Å². The molecule has 0 radical (unpaired) electrons. The fraction of sp³-hybridized carbons (Fsp3) is 0.385. The molecule has 0 aliphatic heterocycles. The third kappa shape index (κ3) is 7.20. The van der Waals surface area contributed by atoms with Crippen molar-refractivity contribution in [1.82, 2.24) is 10.6 Å². The molecular weight excluding hydrogens is 388 g/mol. The van der Waals surface area contributed by atoms with Crippen LogP contribution in [0.3, 0.4) is 0 Å². The summed E-state index contributed by atoms with van der Waals surface area (Å²) in [6.07, 6.45) is 0.0487. The molecule has 1 atom stereocenters. The molecule has 0 saturated heterocycles. The van der Waals surface area contributed by atoms with Gasteiger partial charge in [0.05, 0.1) is 0 Å². The van der Waals surface area contributed by atoms with Gasteiger partial charge in [-0.1, -0.05) is 59.4 Å². The van der Waals surface area contributed by atoms with Gasteiger partial charge in [-0.3, -0.25) is 4.79 Å². The number of thiocarbonyl (C=S) groups is 1. The maximum atomic E-state index is 11.7. The van der Waals surface area contributed by atoms with Crippen LogP contribution >= 0.6 is 58.6 Å². The van der Waals surface area contributed by atoms with Crippen LogP contribution in [-0.2, 0) is 4.79 Å². The van der Waals surface area contributed by atoms with Crippen molar-refractivity contribution in [1.29, 1.82) is 0 Å². The van der Waals surface area contributed by atoms with Crippen molar-refractivity contribution in [2.75, 3.05) is 5.32 Å². The summed E-state index contributed by atoms with van der Waals surface area (Å²) in [5.41, 5.74) is 0.674. The minimum atomic E-state index is -1.76. The molecule has 1 aromatic rings. The topological polar surface area (TPSA) is 53.2 Å². The number of carbonyl (C=O) groups excluding carboxylic acids is 1. The van der Waals surface area contributed by atoms with Gasteiger partial charge >= 0.3 is 0 Å². The number of carbonyl (C=O) groups is 1. The molecule has 0 fully saturated rings. The second kappa shape index (κ2) is 8.99. The Balaban J connectivity index is 2.68. The molecule has 0 heterocycles. The van der Waals surface area contributed by atoms with Crippen LogP contribution in [-0.4, -0.2) is 21.0 Å². The first-order chi connectivity index (χ1) is 10.2. The zero-order chi connectivity index (χ0) is 16.8. The largest absolute Gasteiger partial charge is 0.339 e. The molecule has 122 valence electrons. The van der Waals surface area contributed by atoms with Crippen molar-refractivity contribution < 1.29 is 4.79 Å². The second-order valence-corrected chi connectivity index (χ2v) is 7.61. The maximum absolute atomic E-state index is 11.7. The van der Waals surface area contributed by atoms with E-state index in [0.717, 1.165) is 0 Å². The third-order valence-electron chi connectivity index (χ3n) is 2.47. The fourth-order valence-electron chi connectivity index (χ4n) is 1.52. The van der Waals surface area contributed by atoms with E-state index >= 15 is 0 Å². The average molecular weight is 403 g/mol. The summed E-state index contributed by atoms with van der Waals surface area (Å²) in [6.45, 7) is 1.88. The molecule has 1 aromatic carbocycles. The van der Waals surface area contributed by atoms with Gasteiger partial charge in [0.25, 0.3) is 0 Å². The minimum Gasteiger partial charge on any atom is -0.339 e. The number of halogens is 4. The van der Waals surface area contributed by atoms with Crippen molar-refractivity contribution in [3.8, 4) is 0 Å². The second-order valence-electron chi connectivity index (χ2n) is 4.40. The summed E-state index contributed by atoms with van der Waals surface area (Å²) in [6, 6.07) is 6.97. The van der Waals surface area contributed by atoms with Crippen LogP contribution in [0.2, 0.25) is 5.02 Å². The molecule has 1 unspecified atom stereocenters. The van der Waals surface area contributed by atoms with Gasteiger partial charge in [-0.15, -0.1) is 0 Å². The van der Waals surface area contributed by atoms with Crippen molar-refractivity contribution in [2.24, 2.45) is 0 Å². The number of anilines is 1. The van der Waals surface area contributed by atoms with E-state index in [-0.39, 0.29) is 11.0 Å². The lowest BCUT2D eigenvalue weighted by atomic mass is 10.3. The van der Waals surface area contributed by atoms with Gasteiger partial charge in [0.15, 0.2) is 5.11 Å². The highest BCUT2D eigenvalue weighted by molar-refractivity contribution is 7.80. The lowest BCUT2D eigenvalue weighted by Crippen LogP contribution is -2.56. The number of amides is 1. The normalized spacial score (nSPS) is 12.4. The lowest BCUT2D eigenvalue weighted by molar-refractivity contribution is -0.121. The summed E-state index contributed by atoms with van der Waals surface area (Å²) < 4.78 is -1.76. The highest BCUT2D eigenvalue weighted by Gasteiger charge is 2.34. The van der Waals surface area contributed by atoms with E-state index in [0.29, 0.717) is 23.6 Å². The molecule has 3 N–H and O–H groups in total. The summed E-state index contributed by atoms with van der Waals surface area (Å²) in [5, 5.41) is 9.00. The number of alkyl halides is 3. The molecule has 0 bridgehead atoms. The van der Waals surface area contributed by atoms with Gasteiger partial charge in [-0.2, -0.15) is 0 Å². The van der Waals surface area contributed by atoms with Gasteiger partial charge in [-0.25, -0.2) is 0 Å². The van der Waals surface area contributed by atoms with Crippen molar-refractivity contribution >= 4 is 75.3 Å². The Bertz CT molecular complexity index is 536. The highest BCUT2D eigenvalue weighted by atomic mass is 35.6. The first-order valence-corrected chi connectivity index (χ1v) is 8.33. The fourth-order valence-corrected chi connectivity index (χ4v) is 2.28. The van der Waals surface area contributed by atoms with Crippen LogP contribution in [0.1, 0.15) is 19.8 Å². The van der Waals surface area contributed by atoms with Crippen molar-refractivity contribution in [2.45, 2.75) is 29.7 Å². The van der Waals surface area contributed by atoms with Crippen LogP contribution < -0.4 is 16.0 Å². The van der Waals surface area contributed by atoms with Gasteiger partial charge in [-0.05, 0) is 36.8 Å². The summed E-state index contributed by atoms with van der Waals surface area (Å²) in [7, 11) is 0. The van der Waals surface area contributed by atoms with Gasteiger partial charge in [0.1, 0.15) is 6.17 Å². The highest BCUT2D eigenvalue weighted by Crippen LogP contribution is 2.29. The quantitative estimate of drug-likeness (QED) is 0.391. The molecule has 0 aliphatic rings. The Kier molecular flexibility index (Phi) is 8.00. The molecule has 0 spiro atoms. The smallest absolute Gasteiger partial charge is 0.228 e. The molecular formula is C13H15Cl4N3OS. The van der Waals surface area contributed by atoms with E-state index in [1.807, 2.05) is 6.92 Å². The van der Waals surface area contributed by atoms with Crippen LogP contribution in [0, 0.1) is 0 Å². The van der Waals surface area contributed by atoms with Crippen LogP contribution in [0.5, 0.6) is 0 Å². The first kappa shape index (κ1) is 19.6. The molecule has 0 saturated carbocycles. The Labute approximate surface area is 154 Å². The first-order valence-electron chi connectivity index (χ1n) is 6.41. The molecule has 4 nitrogen and oxygen atoms in total. The summed E-state index contributed by atoms with van der Waals surface area (Å²) in [5.74, 6) is -0.239. The van der Waals surface area contributed by atoms with E-state index in [2.05, 4.69) is 16.0 Å². The Morgan fingerprint density at radius 2 is 2.00 bits per heavy atom. The maximum Gasteiger partial charge on any atom is 0.228 e. The van der Waals surface area contributed by atoms with E-state index in [1.54, 1.807) is 24.3 Å². The van der Waals surface area contributed by atoms with Gasteiger partial charge in [0.2, 0.25) is 9.70 Å². The summed E-state index contributed by atoms with van der Waals surface area (Å²) in [4.78, 5) is 11.7. The predicted molar refractivity (Wildman–Crippen MR) is 97.9 cm³/mol. The van der Waals surface area contributed by atoms with E-state index in [4.69, 9.17) is 58.6 Å². The van der Waals surface area contributed by atoms with Crippen LogP contribution in [0.15, 0.2) is 24.3 Å². The monoisotopic (exact) mass is 401 g/mol. The Morgan fingerprint density at radius 1 is 1.32 bits per heavy atom. The van der Waals surface area contributed by atoms with Crippen molar-refractivity contribution in [3.63, 3.8) is 0 Å². The lowest BCUT2D eigenvalue weighted by Gasteiger charge is -2.27. The van der Waals surface area contributed by atoms with Crippen LogP contribution in [0.25, 0.3) is 0 Å². The van der Waals surface area contributed by atoms with E-state index in [9.17, 15) is 4.79 Å². The Morgan fingerprint density at radius 3 is 2.55 bits per heavy atom. The number of hydrogen-bond donors (Lipinski definition) is 3. The predicted octanol–water partition coefficient (Wildman–Crippen LogP) is 4.24. The molecule has 0 aliphatic carbocycles. The SMILES string of the molecule is CCCC(=O)NC(NC(=S)Nc1cccc(Cl)c1)C(Cl)(Cl)Cl. The minimum absolute atomic E-state index is 0.190. The average Bonchev–Trinajstić information content (AvgIpc) is 2.37. The van der Waals surface area contributed by atoms with Crippen LogP contribution in [0.4, 0.5) is 5.69 Å². The third-order valence-corrected chi connectivity index (χ3v) is 3.58. The number of benzene rings is 1. The summed E-state index contributed by atoms with van der Waals surface area (Å²) >= 11 is 28.6. The molecule has 9 heteroatoms. The van der Waals surface area contributed by atoms with Gasteiger partial charge < -0.3 is 16.0 Å². The molecule has 1 rings (SSSR count). The molecule has 1 amide bonds. The zero-order valence-electron chi connectivity index (χ0n) is 11.6. The van der Waals surface area contributed by atoms with Gasteiger partial charge in [0, 0.05) is 17.1 Å². The number of hydrogen-bond acceptors (Lipinski definition) is 2. The molecule has 0 aromatic heterocycles. The Hall–Kier alpha value is -0.460. The number of nitrogens with one attached hydrogen (secondary N) is 3.